The smallest absolute Gasteiger partial charge is 0.0673 e. The first-order chi connectivity index (χ1) is 9.13. The summed E-state index contributed by atoms with van der Waals surface area (Å²) in [7, 11) is 0. The van der Waals surface area contributed by atoms with Crippen LogP contribution in [-0.2, 0) is 6.54 Å². The van der Waals surface area contributed by atoms with Gasteiger partial charge in [-0.05, 0) is 32.0 Å². The third-order valence-corrected chi connectivity index (χ3v) is 4.17. The average Bonchev–Trinajstić information content (AvgIpc) is 2.74. The van der Waals surface area contributed by atoms with Crippen molar-refractivity contribution in [3.05, 3.63) is 51.8 Å². The predicted molar refractivity (Wildman–Crippen MR) is 82.3 cm³/mol. The highest BCUT2D eigenvalue weighted by atomic mass is 79.9. The third-order valence-electron chi connectivity index (χ3n) is 3.40. The van der Waals surface area contributed by atoms with Gasteiger partial charge >= 0.3 is 0 Å². The predicted octanol–water partition coefficient (Wildman–Crippen LogP) is 3.67. The molecule has 0 amide bonds. The second kappa shape index (κ2) is 6.35. The minimum absolute atomic E-state index is 0.345. The summed E-state index contributed by atoms with van der Waals surface area (Å²) in [6, 6.07) is 8.62. The molecule has 0 radical (unpaired) electrons. The van der Waals surface area contributed by atoms with Crippen LogP contribution < -0.4 is 5.32 Å². The average molecular weight is 322 g/mol. The lowest BCUT2D eigenvalue weighted by Gasteiger charge is -2.12. The number of benzene rings is 1. The van der Waals surface area contributed by atoms with Crippen LogP contribution in [0.2, 0.25) is 0 Å². The van der Waals surface area contributed by atoms with Gasteiger partial charge in [0.2, 0.25) is 0 Å². The summed E-state index contributed by atoms with van der Waals surface area (Å²) in [5.41, 5.74) is 3.74. The second-order valence-corrected chi connectivity index (χ2v) is 5.57. The van der Waals surface area contributed by atoms with E-state index in [1.807, 2.05) is 12.3 Å². The number of nitrogens with one attached hydrogen (secondary N) is 1. The van der Waals surface area contributed by atoms with E-state index in [0.717, 1.165) is 17.6 Å². The monoisotopic (exact) mass is 321 g/mol. The maximum atomic E-state index is 4.51. The Morgan fingerprint density at radius 2 is 2.11 bits per heavy atom. The minimum Gasteiger partial charge on any atom is -0.310 e. The van der Waals surface area contributed by atoms with E-state index in [1.54, 1.807) is 0 Å². The number of aromatic nitrogens is 2. The summed E-state index contributed by atoms with van der Waals surface area (Å²) in [5.74, 6) is 0. The van der Waals surface area contributed by atoms with Crippen molar-refractivity contribution in [3.63, 3.8) is 0 Å². The van der Waals surface area contributed by atoms with Gasteiger partial charge in [0.05, 0.1) is 12.7 Å². The van der Waals surface area contributed by atoms with Crippen molar-refractivity contribution in [2.45, 2.75) is 33.4 Å². The summed E-state index contributed by atoms with van der Waals surface area (Å²) in [4.78, 5) is 0. The number of hydrogen-bond donors (Lipinski definition) is 1. The van der Waals surface area contributed by atoms with Gasteiger partial charge in [0.1, 0.15) is 0 Å². The zero-order chi connectivity index (χ0) is 13.8. The molecule has 1 N–H and O–H groups in total. The molecule has 1 atom stereocenters. The number of halogens is 1. The third kappa shape index (κ3) is 3.25. The van der Waals surface area contributed by atoms with Crippen LogP contribution in [0.5, 0.6) is 0 Å². The Morgan fingerprint density at radius 1 is 1.37 bits per heavy atom. The van der Waals surface area contributed by atoms with Crippen LogP contribution in [0.15, 0.2) is 34.9 Å². The van der Waals surface area contributed by atoms with Gasteiger partial charge < -0.3 is 5.32 Å². The quantitative estimate of drug-likeness (QED) is 0.910. The molecule has 3 nitrogen and oxygen atoms in total. The molecule has 1 aromatic heterocycles. The first-order valence-corrected chi connectivity index (χ1v) is 7.41. The molecule has 0 saturated carbocycles. The molecule has 4 heteroatoms. The van der Waals surface area contributed by atoms with Gasteiger partial charge in [-0.25, -0.2) is 0 Å². The lowest BCUT2D eigenvalue weighted by Crippen LogP contribution is -2.18. The molecule has 0 aliphatic rings. The first kappa shape index (κ1) is 14.3. The van der Waals surface area contributed by atoms with Gasteiger partial charge in [0.25, 0.3) is 0 Å². The SMILES string of the molecule is CCNC(C)c1cnn(Cc2ccccc2Br)c1C. The Bertz CT molecular complexity index is 548. The molecule has 19 heavy (non-hydrogen) atoms. The highest BCUT2D eigenvalue weighted by molar-refractivity contribution is 9.10. The highest BCUT2D eigenvalue weighted by Gasteiger charge is 2.12. The van der Waals surface area contributed by atoms with E-state index in [4.69, 9.17) is 0 Å². The fourth-order valence-corrected chi connectivity index (χ4v) is 2.66. The number of rotatable bonds is 5. The molecule has 1 unspecified atom stereocenters. The summed E-state index contributed by atoms with van der Waals surface area (Å²) in [6.45, 7) is 8.20. The van der Waals surface area contributed by atoms with Gasteiger partial charge in [-0.2, -0.15) is 5.10 Å². The van der Waals surface area contributed by atoms with Crippen molar-refractivity contribution in [1.29, 1.82) is 0 Å². The van der Waals surface area contributed by atoms with E-state index in [9.17, 15) is 0 Å². The van der Waals surface area contributed by atoms with E-state index in [-0.39, 0.29) is 0 Å². The lowest BCUT2D eigenvalue weighted by atomic mass is 10.1. The van der Waals surface area contributed by atoms with E-state index < -0.39 is 0 Å². The molecular formula is C15H20BrN3. The molecule has 0 aliphatic carbocycles. The van der Waals surface area contributed by atoms with Crippen LogP contribution >= 0.6 is 15.9 Å². The van der Waals surface area contributed by atoms with Crippen molar-refractivity contribution < 1.29 is 0 Å². The Hall–Kier alpha value is -1.13. The first-order valence-electron chi connectivity index (χ1n) is 6.62. The fourth-order valence-electron chi connectivity index (χ4n) is 2.25. The minimum atomic E-state index is 0.345. The number of nitrogens with zero attached hydrogens (tertiary/aromatic N) is 2. The Balaban J connectivity index is 2.21. The van der Waals surface area contributed by atoms with Gasteiger partial charge in [0.15, 0.2) is 0 Å². The Labute approximate surface area is 123 Å². The standard InChI is InChI=1S/C15H20BrN3/c1-4-17-11(2)14-9-18-19(12(14)3)10-13-7-5-6-8-15(13)16/h5-9,11,17H,4,10H2,1-3H3. The largest absolute Gasteiger partial charge is 0.310 e. The molecule has 0 fully saturated rings. The molecule has 0 bridgehead atoms. The van der Waals surface area contributed by atoms with Crippen molar-refractivity contribution in [1.82, 2.24) is 15.1 Å². The van der Waals surface area contributed by atoms with Crippen LogP contribution in [0.4, 0.5) is 0 Å². The van der Waals surface area contributed by atoms with Gasteiger partial charge in [0, 0.05) is 21.8 Å². The van der Waals surface area contributed by atoms with Gasteiger partial charge in [-0.3, -0.25) is 4.68 Å². The van der Waals surface area contributed by atoms with Gasteiger partial charge in [-0.15, -0.1) is 0 Å². The molecule has 1 aromatic carbocycles. The van der Waals surface area contributed by atoms with Gasteiger partial charge in [-0.1, -0.05) is 41.1 Å². The van der Waals surface area contributed by atoms with Crippen LogP contribution in [0, 0.1) is 6.92 Å². The molecule has 2 rings (SSSR count). The maximum Gasteiger partial charge on any atom is 0.0673 e. The summed E-state index contributed by atoms with van der Waals surface area (Å²) < 4.78 is 3.19. The van der Waals surface area contributed by atoms with Crippen LogP contribution in [0.25, 0.3) is 0 Å². The summed E-state index contributed by atoms with van der Waals surface area (Å²) in [5, 5.41) is 7.94. The zero-order valence-electron chi connectivity index (χ0n) is 11.7. The maximum absolute atomic E-state index is 4.51. The highest BCUT2D eigenvalue weighted by Crippen LogP contribution is 2.20. The lowest BCUT2D eigenvalue weighted by molar-refractivity contribution is 0.590. The normalized spacial score (nSPS) is 12.6. The van der Waals surface area contributed by atoms with Crippen LogP contribution in [-0.4, -0.2) is 16.3 Å². The van der Waals surface area contributed by atoms with Crippen molar-refractivity contribution in [2.24, 2.45) is 0 Å². The molecular weight excluding hydrogens is 302 g/mol. The van der Waals surface area contributed by atoms with Crippen molar-refractivity contribution in [3.8, 4) is 0 Å². The van der Waals surface area contributed by atoms with Crippen molar-refractivity contribution in [2.75, 3.05) is 6.54 Å². The zero-order valence-corrected chi connectivity index (χ0v) is 13.2. The van der Waals surface area contributed by atoms with E-state index >= 15 is 0 Å². The van der Waals surface area contributed by atoms with Crippen LogP contribution in [0.1, 0.15) is 36.7 Å². The molecule has 0 aliphatic heterocycles. The van der Waals surface area contributed by atoms with E-state index in [1.165, 1.54) is 16.8 Å². The van der Waals surface area contributed by atoms with Crippen molar-refractivity contribution >= 4 is 15.9 Å². The molecule has 0 saturated heterocycles. The second-order valence-electron chi connectivity index (χ2n) is 4.71. The Morgan fingerprint density at radius 3 is 2.79 bits per heavy atom. The Kier molecular flexibility index (Phi) is 4.77. The molecule has 1 heterocycles. The van der Waals surface area contributed by atoms with Crippen LogP contribution in [0.3, 0.4) is 0 Å². The van der Waals surface area contributed by atoms with E-state index in [2.05, 4.69) is 70.0 Å². The summed E-state index contributed by atoms with van der Waals surface area (Å²) >= 11 is 3.59. The molecule has 102 valence electrons. The topological polar surface area (TPSA) is 29.9 Å². The molecule has 0 spiro atoms. The number of hydrogen-bond acceptors (Lipinski definition) is 2. The summed E-state index contributed by atoms with van der Waals surface area (Å²) in [6.07, 6.45) is 1.97. The van der Waals surface area contributed by atoms with E-state index in [0.29, 0.717) is 6.04 Å². The fraction of sp³-hybridized carbons (Fsp3) is 0.400. The molecule has 2 aromatic rings.